The van der Waals surface area contributed by atoms with E-state index in [9.17, 15) is 9.59 Å². The van der Waals surface area contributed by atoms with E-state index in [1.54, 1.807) is 18.1 Å². The summed E-state index contributed by atoms with van der Waals surface area (Å²) in [6.45, 7) is 4.23. The third kappa shape index (κ3) is 4.65. The molecule has 3 heterocycles. The van der Waals surface area contributed by atoms with Gasteiger partial charge in [-0.1, -0.05) is 17.7 Å². The van der Waals surface area contributed by atoms with Crippen molar-refractivity contribution in [2.24, 2.45) is 0 Å². The maximum atomic E-state index is 13.4. The van der Waals surface area contributed by atoms with E-state index in [1.165, 1.54) is 5.69 Å². The van der Waals surface area contributed by atoms with Crippen LogP contribution in [-0.4, -0.2) is 64.4 Å². The van der Waals surface area contributed by atoms with Gasteiger partial charge in [-0.25, -0.2) is 4.98 Å². The second-order valence-corrected chi connectivity index (χ2v) is 9.47. The molecular weight excluding hydrogens is 410 g/mol. The Balaban J connectivity index is 1.42. The zero-order valence-corrected chi connectivity index (χ0v) is 19.1. The largest absolute Gasteiger partial charge is 0.348 e. The SMILES string of the molecule is CSCC[C@H](NC(=O)c1ccc(C)cc1)C(=O)N1CCC2(CC1)NCCc1[nH]cnc12. The van der Waals surface area contributed by atoms with Crippen LogP contribution in [0.1, 0.15) is 46.6 Å². The van der Waals surface area contributed by atoms with Gasteiger partial charge in [0.15, 0.2) is 0 Å². The molecule has 2 aliphatic rings. The van der Waals surface area contributed by atoms with Crippen LogP contribution in [0.15, 0.2) is 30.6 Å². The van der Waals surface area contributed by atoms with Gasteiger partial charge in [-0.15, -0.1) is 0 Å². The maximum Gasteiger partial charge on any atom is 0.251 e. The van der Waals surface area contributed by atoms with Crippen molar-refractivity contribution in [3.63, 3.8) is 0 Å². The average molecular weight is 442 g/mol. The Morgan fingerprint density at radius 3 is 2.71 bits per heavy atom. The third-order valence-electron chi connectivity index (χ3n) is 6.47. The van der Waals surface area contributed by atoms with E-state index in [-0.39, 0.29) is 17.4 Å². The summed E-state index contributed by atoms with van der Waals surface area (Å²) in [6, 6.07) is 6.94. The molecule has 1 spiro atoms. The molecule has 1 aromatic carbocycles. The lowest BCUT2D eigenvalue weighted by atomic mass is 9.80. The number of fused-ring (bicyclic) bond motifs is 2. The molecule has 1 fully saturated rings. The highest BCUT2D eigenvalue weighted by atomic mass is 32.2. The number of nitrogens with one attached hydrogen (secondary N) is 3. The molecule has 2 amide bonds. The second kappa shape index (κ2) is 9.44. The lowest BCUT2D eigenvalue weighted by molar-refractivity contribution is -0.135. The minimum absolute atomic E-state index is 0.0161. The van der Waals surface area contributed by atoms with Crippen molar-refractivity contribution in [1.29, 1.82) is 0 Å². The van der Waals surface area contributed by atoms with Crippen molar-refractivity contribution in [2.45, 2.75) is 44.2 Å². The number of carbonyl (C=O) groups is 2. The van der Waals surface area contributed by atoms with Gasteiger partial charge in [-0.2, -0.15) is 11.8 Å². The highest BCUT2D eigenvalue weighted by Gasteiger charge is 2.42. The number of rotatable bonds is 6. The summed E-state index contributed by atoms with van der Waals surface area (Å²) in [5.41, 5.74) is 3.86. The number of hydrogen-bond acceptors (Lipinski definition) is 5. The summed E-state index contributed by atoms with van der Waals surface area (Å²) in [7, 11) is 0. The lowest BCUT2D eigenvalue weighted by Gasteiger charge is -2.44. The van der Waals surface area contributed by atoms with Crippen molar-refractivity contribution < 1.29 is 9.59 Å². The van der Waals surface area contributed by atoms with E-state index in [0.29, 0.717) is 25.1 Å². The van der Waals surface area contributed by atoms with E-state index in [4.69, 9.17) is 0 Å². The molecule has 1 aromatic heterocycles. The van der Waals surface area contributed by atoms with Crippen LogP contribution in [-0.2, 0) is 16.8 Å². The molecule has 4 rings (SSSR count). The number of amides is 2. The van der Waals surface area contributed by atoms with Crippen molar-refractivity contribution in [1.82, 2.24) is 25.5 Å². The first kappa shape index (κ1) is 21.9. The van der Waals surface area contributed by atoms with Crippen LogP contribution in [0, 0.1) is 6.92 Å². The van der Waals surface area contributed by atoms with E-state index in [1.807, 2.05) is 42.3 Å². The van der Waals surface area contributed by atoms with Gasteiger partial charge in [0.1, 0.15) is 6.04 Å². The molecule has 0 bridgehead atoms. The first-order valence-electron chi connectivity index (χ1n) is 11.0. The van der Waals surface area contributed by atoms with Crippen molar-refractivity contribution in [2.75, 3.05) is 31.6 Å². The maximum absolute atomic E-state index is 13.4. The topological polar surface area (TPSA) is 90.1 Å². The van der Waals surface area contributed by atoms with Gasteiger partial charge < -0.3 is 20.5 Å². The van der Waals surface area contributed by atoms with Gasteiger partial charge in [0.05, 0.1) is 17.6 Å². The molecular formula is C23H31N5O2S. The molecule has 1 saturated heterocycles. The summed E-state index contributed by atoms with van der Waals surface area (Å²) in [6.07, 6.45) is 7.04. The smallest absolute Gasteiger partial charge is 0.251 e. The fourth-order valence-electron chi connectivity index (χ4n) is 4.62. The van der Waals surface area contributed by atoms with Crippen molar-refractivity contribution in [3.05, 3.63) is 53.1 Å². The molecule has 0 aliphatic carbocycles. The summed E-state index contributed by atoms with van der Waals surface area (Å²) in [5, 5.41) is 6.66. The summed E-state index contributed by atoms with van der Waals surface area (Å²) in [4.78, 5) is 35.9. The molecule has 8 heteroatoms. The van der Waals surface area contributed by atoms with E-state index in [0.717, 1.165) is 42.8 Å². The number of piperidine rings is 1. The summed E-state index contributed by atoms with van der Waals surface area (Å²) < 4.78 is 0. The zero-order chi connectivity index (χ0) is 21.8. The van der Waals surface area contributed by atoms with Gasteiger partial charge in [0.2, 0.25) is 5.91 Å². The minimum atomic E-state index is -0.504. The fraction of sp³-hybridized carbons (Fsp3) is 0.522. The Morgan fingerprint density at radius 1 is 1.26 bits per heavy atom. The summed E-state index contributed by atoms with van der Waals surface area (Å²) in [5.74, 6) is 0.644. The van der Waals surface area contributed by atoms with Crippen LogP contribution in [0.5, 0.6) is 0 Å². The fourth-order valence-corrected chi connectivity index (χ4v) is 5.09. The Morgan fingerprint density at radius 2 is 2.00 bits per heavy atom. The number of benzene rings is 1. The van der Waals surface area contributed by atoms with Crippen LogP contribution in [0.25, 0.3) is 0 Å². The standard InChI is InChI=1S/C23H31N5O2S/c1-16-3-5-17(6-4-16)21(29)27-19(8-14-31-2)22(30)28-12-9-23(10-13-28)20-18(7-11-26-23)24-15-25-20/h3-6,15,19,26H,7-14H2,1-2H3,(H,24,25)(H,27,29)/t19-/m0/s1. The predicted octanol–water partition coefficient (Wildman–Crippen LogP) is 2.23. The van der Waals surface area contributed by atoms with E-state index >= 15 is 0 Å². The normalized spacial score (nSPS) is 18.5. The van der Waals surface area contributed by atoms with Crippen molar-refractivity contribution >= 4 is 23.6 Å². The van der Waals surface area contributed by atoms with Crippen LogP contribution < -0.4 is 10.6 Å². The third-order valence-corrected chi connectivity index (χ3v) is 7.11. The van der Waals surface area contributed by atoms with Gasteiger partial charge >= 0.3 is 0 Å². The number of imidazole rings is 1. The number of H-pyrrole nitrogens is 1. The van der Waals surface area contributed by atoms with Crippen LogP contribution in [0.4, 0.5) is 0 Å². The number of thioether (sulfide) groups is 1. The monoisotopic (exact) mass is 441 g/mol. The quantitative estimate of drug-likeness (QED) is 0.640. The highest BCUT2D eigenvalue weighted by Crippen LogP contribution is 2.36. The number of aryl methyl sites for hydroxylation is 1. The average Bonchev–Trinajstić information content (AvgIpc) is 3.28. The van der Waals surface area contributed by atoms with Gasteiger partial charge in [-0.3, -0.25) is 9.59 Å². The van der Waals surface area contributed by atoms with Crippen LogP contribution >= 0.6 is 11.8 Å². The van der Waals surface area contributed by atoms with E-state index in [2.05, 4.69) is 20.6 Å². The molecule has 0 radical (unpaired) electrons. The number of aromatic nitrogens is 2. The van der Waals surface area contributed by atoms with E-state index < -0.39 is 6.04 Å². The molecule has 166 valence electrons. The van der Waals surface area contributed by atoms with Crippen molar-refractivity contribution in [3.8, 4) is 0 Å². The Bertz CT molecular complexity index is 918. The molecule has 2 aromatic rings. The number of nitrogens with zero attached hydrogens (tertiary/aromatic N) is 2. The molecule has 3 N–H and O–H groups in total. The first-order chi connectivity index (χ1) is 15.0. The predicted molar refractivity (Wildman–Crippen MR) is 123 cm³/mol. The molecule has 31 heavy (non-hydrogen) atoms. The Hall–Kier alpha value is -2.32. The Kier molecular flexibility index (Phi) is 6.67. The minimum Gasteiger partial charge on any atom is -0.348 e. The number of likely N-dealkylation sites (tertiary alicyclic amines) is 1. The zero-order valence-electron chi connectivity index (χ0n) is 18.2. The molecule has 7 nitrogen and oxygen atoms in total. The number of carbonyl (C=O) groups excluding carboxylic acids is 2. The number of hydrogen-bond donors (Lipinski definition) is 3. The molecule has 2 aliphatic heterocycles. The molecule has 0 saturated carbocycles. The van der Waals surface area contributed by atoms with Gasteiger partial charge in [0, 0.05) is 37.3 Å². The number of aromatic amines is 1. The second-order valence-electron chi connectivity index (χ2n) is 8.49. The molecule has 0 unspecified atom stereocenters. The summed E-state index contributed by atoms with van der Waals surface area (Å²) >= 11 is 1.69. The first-order valence-corrected chi connectivity index (χ1v) is 12.3. The van der Waals surface area contributed by atoms with Crippen LogP contribution in [0.2, 0.25) is 0 Å². The highest BCUT2D eigenvalue weighted by molar-refractivity contribution is 7.98. The van der Waals surface area contributed by atoms with Gasteiger partial charge in [-0.05, 0) is 50.3 Å². The molecule has 1 atom stereocenters. The Labute approximate surface area is 187 Å². The van der Waals surface area contributed by atoms with Gasteiger partial charge in [0.25, 0.3) is 5.91 Å². The lowest BCUT2D eigenvalue weighted by Crippen LogP contribution is -2.57. The van der Waals surface area contributed by atoms with Crippen LogP contribution in [0.3, 0.4) is 0 Å².